The van der Waals surface area contributed by atoms with Crippen LogP contribution in [0.4, 0.5) is 14.5 Å². The zero-order valence-corrected chi connectivity index (χ0v) is 10.7. The van der Waals surface area contributed by atoms with Gasteiger partial charge in [0, 0.05) is 11.8 Å². The summed E-state index contributed by atoms with van der Waals surface area (Å²) >= 11 is 0. The predicted octanol–water partition coefficient (Wildman–Crippen LogP) is 1.97. The monoisotopic (exact) mass is 274 g/mol. The fourth-order valence-electron chi connectivity index (χ4n) is 1.53. The van der Waals surface area contributed by atoms with Crippen LogP contribution >= 0.6 is 0 Å². The molecule has 1 aromatic carbocycles. The van der Waals surface area contributed by atoms with E-state index >= 15 is 0 Å². The van der Waals surface area contributed by atoms with Gasteiger partial charge in [-0.3, -0.25) is 4.79 Å². The van der Waals surface area contributed by atoms with E-state index in [9.17, 15) is 13.6 Å². The summed E-state index contributed by atoms with van der Waals surface area (Å²) in [5.41, 5.74) is 5.64. The van der Waals surface area contributed by atoms with Gasteiger partial charge in [0.1, 0.15) is 6.04 Å². The first-order chi connectivity index (χ1) is 8.97. The lowest BCUT2D eigenvalue weighted by atomic mass is 10.2. The van der Waals surface area contributed by atoms with E-state index in [4.69, 9.17) is 10.5 Å². The molecule has 5 nitrogen and oxygen atoms in total. The van der Waals surface area contributed by atoms with Crippen molar-refractivity contribution in [3.63, 3.8) is 0 Å². The second kappa shape index (κ2) is 6.77. The predicted molar refractivity (Wildman–Crippen MR) is 66.5 cm³/mol. The van der Waals surface area contributed by atoms with E-state index in [0.29, 0.717) is 12.1 Å². The van der Waals surface area contributed by atoms with Crippen LogP contribution < -0.4 is 20.5 Å². The summed E-state index contributed by atoms with van der Waals surface area (Å²) in [5.74, 6) is -0.450. The second-order valence-corrected chi connectivity index (χ2v) is 3.75. The van der Waals surface area contributed by atoms with Gasteiger partial charge < -0.3 is 20.5 Å². The van der Waals surface area contributed by atoms with Gasteiger partial charge in [0.2, 0.25) is 5.91 Å². The van der Waals surface area contributed by atoms with Crippen molar-refractivity contribution in [1.29, 1.82) is 0 Å². The standard InChI is InChI=1S/C12H16F2N2O3/c1-3-8(11(15)17)16-7-4-5-9(18-2)10(6-7)19-12(13)14/h4-6,8,12,16H,3H2,1-2H3,(H2,15,17)/t8-/m0/s1. The van der Waals surface area contributed by atoms with Gasteiger partial charge in [0.15, 0.2) is 11.5 Å². The smallest absolute Gasteiger partial charge is 0.387 e. The average molecular weight is 274 g/mol. The van der Waals surface area contributed by atoms with Gasteiger partial charge in [-0.2, -0.15) is 8.78 Å². The van der Waals surface area contributed by atoms with Crippen molar-refractivity contribution in [2.24, 2.45) is 5.73 Å². The number of carbonyl (C=O) groups is 1. The molecule has 3 N–H and O–H groups in total. The number of hydrogen-bond acceptors (Lipinski definition) is 4. The molecule has 0 heterocycles. The van der Waals surface area contributed by atoms with Gasteiger partial charge >= 0.3 is 6.61 Å². The summed E-state index contributed by atoms with van der Waals surface area (Å²) in [6.45, 7) is -1.18. The van der Waals surface area contributed by atoms with E-state index in [2.05, 4.69) is 10.1 Å². The summed E-state index contributed by atoms with van der Waals surface area (Å²) in [6.07, 6.45) is 0.479. The summed E-state index contributed by atoms with van der Waals surface area (Å²) < 4.78 is 33.7. The fraction of sp³-hybridized carbons (Fsp3) is 0.417. The molecule has 0 aliphatic carbocycles. The van der Waals surface area contributed by atoms with Crippen molar-refractivity contribution in [1.82, 2.24) is 0 Å². The van der Waals surface area contributed by atoms with Gasteiger partial charge in [-0.05, 0) is 18.6 Å². The number of amides is 1. The lowest BCUT2D eigenvalue weighted by Gasteiger charge is -2.16. The molecule has 0 aromatic heterocycles. The number of alkyl halides is 2. The molecule has 0 radical (unpaired) electrons. The van der Waals surface area contributed by atoms with Gasteiger partial charge in [-0.25, -0.2) is 0 Å². The molecular weight excluding hydrogens is 258 g/mol. The third-order valence-electron chi connectivity index (χ3n) is 2.47. The minimum absolute atomic E-state index is 0.109. The molecule has 0 saturated heterocycles. The van der Waals surface area contributed by atoms with E-state index in [1.165, 1.54) is 19.2 Å². The first-order valence-electron chi connectivity index (χ1n) is 5.66. The number of anilines is 1. The van der Waals surface area contributed by atoms with Crippen molar-refractivity contribution >= 4 is 11.6 Å². The Morgan fingerprint density at radius 1 is 1.42 bits per heavy atom. The van der Waals surface area contributed by atoms with Crippen molar-refractivity contribution in [2.75, 3.05) is 12.4 Å². The number of halogens is 2. The Kier molecular flexibility index (Phi) is 5.35. The molecule has 0 spiro atoms. The molecule has 0 aliphatic rings. The number of rotatable bonds is 7. The van der Waals surface area contributed by atoms with Crippen LogP contribution in [0.1, 0.15) is 13.3 Å². The van der Waals surface area contributed by atoms with Crippen LogP contribution in [-0.2, 0) is 4.79 Å². The Labute approximate surface area is 109 Å². The highest BCUT2D eigenvalue weighted by molar-refractivity contribution is 5.83. The Morgan fingerprint density at radius 2 is 2.11 bits per heavy atom. The minimum atomic E-state index is -2.96. The summed E-state index contributed by atoms with van der Waals surface area (Å²) in [6, 6.07) is 3.81. The highest BCUT2D eigenvalue weighted by atomic mass is 19.3. The Bertz CT molecular complexity index is 441. The van der Waals surface area contributed by atoms with Crippen LogP contribution in [0.15, 0.2) is 18.2 Å². The van der Waals surface area contributed by atoms with Crippen LogP contribution in [-0.4, -0.2) is 25.7 Å². The lowest BCUT2D eigenvalue weighted by Crippen LogP contribution is -2.34. The molecule has 19 heavy (non-hydrogen) atoms. The van der Waals surface area contributed by atoms with E-state index < -0.39 is 18.6 Å². The number of benzene rings is 1. The molecule has 106 valence electrons. The van der Waals surface area contributed by atoms with E-state index in [1.54, 1.807) is 13.0 Å². The van der Waals surface area contributed by atoms with E-state index in [0.717, 1.165) is 0 Å². The first kappa shape index (κ1) is 15.0. The largest absolute Gasteiger partial charge is 0.493 e. The molecule has 1 atom stereocenters. The van der Waals surface area contributed by atoms with Crippen LogP contribution in [0.2, 0.25) is 0 Å². The van der Waals surface area contributed by atoms with Gasteiger partial charge in [-0.1, -0.05) is 6.92 Å². The molecule has 1 rings (SSSR count). The third kappa shape index (κ3) is 4.27. The van der Waals surface area contributed by atoms with E-state index in [1.807, 2.05) is 0 Å². The molecule has 0 unspecified atom stereocenters. The highest BCUT2D eigenvalue weighted by Crippen LogP contribution is 2.31. The van der Waals surface area contributed by atoms with Crippen molar-refractivity contribution in [3.8, 4) is 11.5 Å². The maximum atomic E-state index is 12.3. The Balaban J connectivity index is 2.94. The molecule has 0 saturated carbocycles. The fourth-order valence-corrected chi connectivity index (χ4v) is 1.53. The number of methoxy groups -OCH3 is 1. The zero-order valence-electron chi connectivity index (χ0n) is 10.7. The van der Waals surface area contributed by atoms with E-state index in [-0.39, 0.29) is 11.5 Å². The Hall–Kier alpha value is -2.05. The molecule has 7 heteroatoms. The number of primary amides is 1. The topological polar surface area (TPSA) is 73.6 Å². The average Bonchev–Trinajstić information content (AvgIpc) is 2.35. The summed E-state index contributed by atoms with van der Waals surface area (Å²) in [4.78, 5) is 11.1. The lowest BCUT2D eigenvalue weighted by molar-refractivity contribution is -0.118. The minimum Gasteiger partial charge on any atom is -0.493 e. The number of nitrogens with one attached hydrogen (secondary N) is 1. The van der Waals surface area contributed by atoms with Crippen LogP contribution in [0.5, 0.6) is 11.5 Å². The number of hydrogen-bond donors (Lipinski definition) is 2. The number of carbonyl (C=O) groups excluding carboxylic acids is 1. The van der Waals surface area contributed by atoms with Gasteiger partial charge in [0.25, 0.3) is 0 Å². The number of ether oxygens (including phenoxy) is 2. The molecule has 0 aliphatic heterocycles. The van der Waals surface area contributed by atoms with Crippen molar-refractivity contribution < 1.29 is 23.0 Å². The second-order valence-electron chi connectivity index (χ2n) is 3.75. The summed E-state index contributed by atoms with van der Waals surface area (Å²) in [5, 5.41) is 2.84. The molecule has 0 bridgehead atoms. The Morgan fingerprint density at radius 3 is 2.58 bits per heavy atom. The normalized spacial score (nSPS) is 12.1. The zero-order chi connectivity index (χ0) is 14.4. The molecule has 1 amide bonds. The molecule has 0 fully saturated rings. The summed E-state index contributed by atoms with van der Waals surface area (Å²) in [7, 11) is 1.35. The maximum absolute atomic E-state index is 12.3. The van der Waals surface area contributed by atoms with Crippen LogP contribution in [0.3, 0.4) is 0 Å². The SMILES string of the molecule is CC[C@H](Nc1ccc(OC)c(OC(F)F)c1)C(N)=O. The van der Waals surface area contributed by atoms with Crippen LogP contribution in [0.25, 0.3) is 0 Å². The van der Waals surface area contributed by atoms with Gasteiger partial charge in [0.05, 0.1) is 7.11 Å². The number of nitrogens with two attached hydrogens (primary N) is 1. The molecule has 1 aromatic rings. The third-order valence-corrected chi connectivity index (χ3v) is 2.47. The van der Waals surface area contributed by atoms with Crippen molar-refractivity contribution in [2.45, 2.75) is 26.0 Å². The quantitative estimate of drug-likeness (QED) is 0.797. The van der Waals surface area contributed by atoms with Gasteiger partial charge in [-0.15, -0.1) is 0 Å². The van der Waals surface area contributed by atoms with Crippen molar-refractivity contribution in [3.05, 3.63) is 18.2 Å². The maximum Gasteiger partial charge on any atom is 0.387 e. The highest BCUT2D eigenvalue weighted by Gasteiger charge is 2.15. The molecular formula is C12H16F2N2O3. The van der Waals surface area contributed by atoms with Crippen LogP contribution in [0, 0.1) is 0 Å². The first-order valence-corrected chi connectivity index (χ1v) is 5.66.